The summed E-state index contributed by atoms with van der Waals surface area (Å²) in [6.45, 7) is 7.76. The van der Waals surface area contributed by atoms with Gasteiger partial charge in [0.25, 0.3) is 0 Å². The van der Waals surface area contributed by atoms with Crippen LogP contribution in [0.15, 0.2) is 24.3 Å². The minimum Gasteiger partial charge on any atom is -0.489 e. The molecule has 1 N–H and O–H groups in total. The van der Waals surface area contributed by atoms with Gasteiger partial charge in [-0.15, -0.1) is 0 Å². The van der Waals surface area contributed by atoms with Crippen LogP contribution in [0, 0.1) is 5.82 Å². The van der Waals surface area contributed by atoms with Crippen LogP contribution in [0.5, 0.6) is 5.75 Å². The highest BCUT2D eigenvalue weighted by atomic mass is 19.1. The number of hydrogen-bond donors (Lipinski definition) is 1. The highest BCUT2D eigenvalue weighted by Gasteiger charge is 2.23. The molecule has 0 saturated carbocycles. The number of para-hydroxylation sites is 1. The van der Waals surface area contributed by atoms with Crippen LogP contribution in [0.1, 0.15) is 13.8 Å². The second kappa shape index (κ2) is 6.16. The van der Waals surface area contributed by atoms with Crippen LogP contribution in [0.25, 0.3) is 0 Å². The van der Waals surface area contributed by atoms with Crippen molar-refractivity contribution in [3.05, 3.63) is 30.1 Å². The number of halogens is 1. The van der Waals surface area contributed by atoms with Crippen LogP contribution in [0.2, 0.25) is 0 Å². The van der Waals surface area contributed by atoms with E-state index in [1.807, 2.05) is 0 Å². The number of ether oxygens (including phenoxy) is 1. The van der Waals surface area contributed by atoms with E-state index >= 15 is 0 Å². The minimum atomic E-state index is -0.293. The Hall–Kier alpha value is -1.13. The molecule has 0 radical (unpaired) electrons. The molecule has 0 bridgehead atoms. The van der Waals surface area contributed by atoms with Crippen LogP contribution in [-0.2, 0) is 0 Å². The van der Waals surface area contributed by atoms with E-state index in [1.165, 1.54) is 6.07 Å². The first-order valence-corrected chi connectivity index (χ1v) is 6.52. The van der Waals surface area contributed by atoms with E-state index in [4.69, 9.17) is 4.74 Å². The molecule has 1 aliphatic rings. The molecule has 0 aromatic heterocycles. The molecule has 4 heteroatoms. The van der Waals surface area contributed by atoms with Gasteiger partial charge in [0.15, 0.2) is 11.6 Å². The average molecular weight is 252 g/mol. The molecule has 3 nitrogen and oxygen atoms in total. The number of nitrogens with zero attached hydrogens (tertiary/aromatic N) is 1. The monoisotopic (exact) mass is 252 g/mol. The normalized spacial score (nSPS) is 25.1. The van der Waals surface area contributed by atoms with Gasteiger partial charge < -0.3 is 10.1 Å². The van der Waals surface area contributed by atoms with Gasteiger partial charge in [-0.05, 0) is 26.0 Å². The quantitative estimate of drug-likeness (QED) is 0.885. The summed E-state index contributed by atoms with van der Waals surface area (Å²) in [4.78, 5) is 2.40. The molecule has 1 heterocycles. The van der Waals surface area contributed by atoms with E-state index in [0.717, 1.165) is 19.6 Å². The number of rotatable bonds is 4. The minimum absolute atomic E-state index is 0.293. The van der Waals surface area contributed by atoms with E-state index < -0.39 is 0 Å². The third-order valence-electron chi connectivity index (χ3n) is 3.46. The van der Waals surface area contributed by atoms with Crippen molar-refractivity contribution in [1.82, 2.24) is 10.2 Å². The Labute approximate surface area is 108 Å². The Morgan fingerprint density at radius 1 is 1.28 bits per heavy atom. The summed E-state index contributed by atoms with van der Waals surface area (Å²) in [5.74, 6) is 0.0480. The van der Waals surface area contributed by atoms with Crippen LogP contribution >= 0.6 is 0 Å². The van der Waals surface area contributed by atoms with Crippen LogP contribution in [0.3, 0.4) is 0 Å². The van der Waals surface area contributed by atoms with E-state index in [1.54, 1.807) is 18.2 Å². The van der Waals surface area contributed by atoms with Crippen molar-refractivity contribution in [3.63, 3.8) is 0 Å². The summed E-state index contributed by atoms with van der Waals surface area (Å²) in [6, 6.07) is 7.54. The number of benzene rings is 1. The van der Waals surface area contributed by atoms with Crippen LogP contribution in [-0.4, -0.2) is 43.2 Å². The number of hydrogen-bond acceptors (Lipinski definition) is 3. The van der Waals surface area contributed by atoms with Crippen molar-refractivity contribution in [3.8, 4) is 5.75 Å². The molecule has 0 amide bonds. The average Bonchev–Trinajstić information content (AvgIpc) is 2.35. The highest BCUT2D eigenvalue weighted by molar-refractivity contribution is 5.23. The van der Waals surface area contributed by atoms with E-state index in [9.17, 15) is 4.39 Å². The summed E-state index contributed by atoms with van der Waals surface area (Å²) in [6.07, 6.45) is 0. The molecule has 18 heavy (non-hydrogen) atoms. The molecule has 2 unspecified atom stereocenters. The predicted octanol–water partition coefficient (Wildman–Crippen LogP) is 1.89. The van der Waals surface area contributed by atoms with E-state index in [2.05, 4.69) is 24.1 Å². The first-order valence-electron chi connectivity index (χ1n) is 6.52. The highest BCUT2D eigenvalue weighted by Crippen LogP contribution is 2.16. The smallest absolute Gasteiger partial charge is 0.165 e. The van der Waals surface area contributed by atoms with Crippen molar-refractivity contribution in [2.24, 2.45) is 0 Å². The number of nitrogens with one attached hydrogen (secondary N) is 1. The molecule has 2 atom stereocenters. The molecule has 0 spiro atoms. The maximum absolute atomic E-state index is 13.4. The van der Waals surface area contributed by atoms with Gasteiger partial charge in [0.05, 0.1) is 0 Å². The molecule has 1 aromatic rings. The lowest BCUT2D eigenvalue weighted by Crippen LogP contribution is -2.55. The molecule has 0 aliphatic carbocycles. The molecule has 1 aromatic carbocycles. The third-order valence-corrected chi connectivity index (χ3v) is 3.46. The Balaban J connectivity index is 1.83. The largest absolute Gasteiger partial charge is 0.489 e. The maximum Gasteiger partial charge on any atom is 0.165 e. The van der Waals surface area contributed by atoms with E-state index in [-0.39, 0.29) is 5.82 Å². The van der Waals surface area contributed by atoms with Gasteiger partial charge in [-0.1, -0.05) is 12.1 Å². The van der Waals surface area contributed by atoms with Crippen molar-refractivity contribution in [1.29, 1.82) is 0 Å². The summed E-state index contributed by atoms with van der Waals surface area (Å²) in [7, 11) is 0. The number of piperazine rings is 1. The van der Waals surface area contributed by atoms with Crippen LogP contribution < -0.4 is 10.1 Å². The van der Waals surface area contributed by atoms with Gasteiger partial charge in [0.2, 0.25) is 0 Å². The molecular weight excluding hydrogens is 231 g/mol. The predicted molar refractivity (Wildman–Crippen MR) is 70.4 cm³/mol. The topological polar surface area (TPSA) is 24.5 Å². The molecular formula is C14H21FN2O. The van der Waals surface area contributed by atoms with Gasteiger partial charge in [-0.2, -0.15) is 0 Å². The Morgan fingerprint density at radius 2 is 1.94 bits per heavy atom. The van der Waals surface area contributed by atoms with Gasteiger partial charge in [-0.25, -0.2) is 4.39 Å². The second-order valence-corrected chi connectivity index (χ2v) is 4.87. The molecule has 2 rings (SSSR count). The first kappa shape index (κ1) is 13.3. The summed E-state index contributed by atoms with van der Waals surface area (Å²) < 4.78 is 18.9. The fraction of sp³-hybridized carbons (Fsp3) is 0.571. The van der Waals surface area contributed by atoms with Crippen molar-refractivity contribution in [2.75, 3.05) is 26.2 Å². The first-order chi connectivity index (χ1) is 8.68. The SMILES string of the molecule is CC1CNCC(C)N1CCOc1ccccc1F. The van der Waals surface area contributed by atoms with Crippen molar-refractivity contribution in [2.45, 2.75) is 25.9 Å². The molecule has 100 valence electrons. The lowest BCUT2D eigenvalue weighted by Gasteiger charge is -2.39. The summed E-state index contributed by atoms with van der Waals surface area (Å²) in [5, 5.41) is 3.39. The van der Waals surface area contributed by atoms with Crippen LogP contribution in [0.4, 0.5) is 4.39 Å². The standard InChI is InChI=1S/C14H21FN2O/c1-11-9-16-10-12(2)17(11)7-8-18-14-6-4-3-5-13(14)15/h3-6,11-12,16H,7-10H2,1-2H3. The molecule has 1 aliphatic heterocycles. The lowest BCUT2D eigenvalue weighted by atomic mass is 10.1. The fourth-order valence-corrected chi connectivity index (χ4v) is 2.43. The van der Waals surface area contributed by atoms with Gasteiger partial charge in [0.1, 0.15) is 6.61 Å². The summed E-state index contributed by atoms with van der Waals surface area (Å²) in [5.41, 5.74) is 0. The third kappa shape index (κ3) is 3.21. The fourth-order valence-electron chi connectivity index (χ4n) is 2.43. The molecule has 1 saturated heterocycles. The zero-order valence-corrected chi connectivity index (χ0v) is 11.0. The Morgan fingerprint density at radius 3 is 2.61 bits per heavy atom. The van der Waals surface area contributed by atoms with Crippen molar-refractivity contribution >= 4 is 0 Å². The van der Waals surface area contributed by atoms with Crippen molar-refractivity contribution < 1.29 is 9.13 Å². The zero-order chi connectivity index (χ0) is 13.0. The van der Waals surface area contributed by atoms with Gasteiger partial charge in [-0.3, -0.25) is 4.90 Å². The Bertz CT molecular complexity index is 376. The Kier molecular flexibility index (Phi) is 4.55. The lowest BCUT2D eigenvalue weighted by molar-refractivity contribution is 0.0957. The zero-order valence-electron chi connectivity index (χ0n) is 11.0. The second-order valence-electron chi connectivity index (χ2n) is 4.87. The molecule has 1 fully saturated rings. The maximum atomic E-state index is 13.4. The summed E-state index contributed by atoms with van der Waals surface area (Å²) >= 11 is 0. The van der Waals surface area contributed by atoms with Gasteiger partial charge in [0, 0.05) is 31.7 Å². The van der Waals surface area contributed by atoms with E-state index in [0.29, 0.717) is 24.4 Å². The van der Waals surface area contributed by atoms with Gasteiger partial charge >= 0.3 is 0 Å².